The number of carbonyl (C=O) groups excluding carboxylic acids is 1. The van der Waals surface area contributed by atoms with Crippen LogP contribution in [0.1, 0.15) is 23.5 Å². The second-order valence-corrected chi connectivity index (χ2v) is 5.82. The number of nitro groups is 1. The maximum Gasteiger partial charge on any atom is 0.471 e. The van der Waals surface area contributed by atoms with Gasteiger partial charge in [-0.15, -0.1) is 0 Å². The molecule has 1 aliphatic heterocycles. The monoisotopic (exact) mass is 314 g/mol. The van der Waals surface area contributed by atoms with Crippen molar-refractivity contribution in [2.45, 2.75) is 24.9 Å². The van der Waals surface area contributed by atoms with Crippen LogP contribution in [0.3, 0.4) is 0 Å². The molecule has 1 aromatic carbocycles. The summed E-state index contributed by atoms with van der Waals surface area (Å²) in [5.41, 5.74) is 1.24. The molecule has 0 N–H and O–H groups in total. The highest BCUT2D eigenvalue weighted by Crippen LogP contribution is 2.43. The molecule has 0 aromatic heterocycles. The molecule has 0 radical (unpaired) electrons. The minimum atomic E-state index is -4.91. The summed E-state index contributed by atoms with van der Waals surface area (Å²) in [5, 5.41) is 11.2. The first-order valence-electron chi connectivity index (χ1n) is 6.89. The number of benzene rings is 1. The Morgan fingerprint density at radius 3 is 2.68 bits per heavy atom. The van der Waals surface area contributed by atoms with Crippen molar-refractivity contribution >= 4 is 11.6 Å². The number of alkyl halides is 3. The number of rotatable bonds is 1. The summed E-state index contributed by atoms with van der Waals surface area (Å²) < 4.78 is 37.8. The zero-order chi connectivity index (χ0) is 16.1. The second-order valence-electron chi connectivity index (χ2n) is 5.82. The lowest BCUT2D eigenvalue weighted by atomic mass is 9.73. The lowest BCUT2D eigenvalue weighted by Gasteiger charge is -2.42. The molecule has 118 valence electrons. The quantitative estimate of drug-likeness (QED) is 0.591. The Bertz CT molecular complexity index is 645. The molecule has 1 heterocycles. The molecule has 1 aromatic rings. The third kappa shape index (κ3) is 2.42. The Morgan fingerprint density at radius 2 is 2.05 bits per heavy atom. The van der Waals surface area contributed by atoms with E-state index in [-0.39, 0.29) is 24.7 Å². The molecule has 1 fully saturated rings. The van der Waals surface area contributed by atoms with Gasteiger partial charge in [-0.3, -0.25) is 14.9 Å². The van der Waals surface area contributed by atoms with Crippen molar-refractivity contribution in [3.05, 3.63) is 39.4 Å². The van der Waals surface area contributed by atoms with Crippen LogP contribution in [0.25, 0.3) is 0 Å². The Balaban J connectivity index is 1.96. The Kier molecular flexibility index (Phi) is 3.34. The number of hydrogen-bond acceptors (Lipinski definition) is 3. The van der Waals surface area contributed by atoms with Gasteiger partial charge >= 0.3 is 12.1 Å². The van der Waals surface area contributed by atoms with Gasteiger partial charge in [0.05, 0.1) is 4.92 Å². The third-order valence-electron chi connectivity index (χ3n) is 4.35. The maximum atomic E-state index is 12.6. The van der Waals surface area contributed by atoms with E-state index in [4.69, 9.17) is 0 Å². The van der Waals surface area contributed by atoms with E-state index in [1.165, 1.54) is 6.07 Å². The summed E-state index contributed by atoms with van der Waals surface area (Å²) in [6.45, 7) is -0.0658. The van der Waals surface area contributed by atoms with Crippen LogP contribution in [0.5, 0.6) is 0 Å². The number of halogens is 3. The van der Waals surface area contributed by atoms with E-state index in [0.717, 1.165) is 10.5 Å². The zero-order valence-electron chi connectivity index (χ0n) is 11.5. The lowest BCUT2D eigenvalue weighted by Crippen LogP contribution is -2.50. The van der Waals surface area contributed by atoms with Crippen LogP contribution in [0, 0.1) is 16.0 Å². The van der Waals surface area contributed by atoms with Gasteiger partial charge < -0.3 is 4.90 Å². The molecular weight excluding hydrogens is 301 g/mol. The summed E-state index contributed by atoms with van der Waals surface area (Å²) >= 11 is 0. The molecule has 8 heteroatoms. The predicted molar refractivity (Wildman–Crippen MR) is 70.3 cm³/mol. The molecule has 1 aliphatic carbocycles. The Labute approximate surface area is 123 Å². The number of nitro benzene ring substituents is 1. The number of carbonyl (C=O) groups is 1. The standard InChI is InChI=1S/C14H13F3N2O3/c15-14(16,17)13(20)18-6-8-4-9-2-1-3-11(19(21)22)12(9)10(5-8)7-18/h1-3,8,10H,4-7H2. The van der Waals surface area contributed by atoms with Gasteiger partial charge in [-0.1, -0.05) is 12.1 Å². The fourth-order valence-corrected chi connectivity index (χ4v) is 3.62. The van der Waals surface area contributed by atoms with E-state index in [9.17, 15) is 28.1 Å². The van der Waals surface area contributed by atoms with E-state index in [0.29, 0.717) is 18.4 Å². The van der Waals surface area contributed by atoms with E-state index in [2.05, 4.69) is 0 Å². The highest BCUT2D eigenvalue weighted by molar-refractivity contribution is 5.82. The molecule has 0 saturated carbocycles. The summed E-state index contributed by atoms with van der Waals surface area (Å²) in [6, 6.07) is 4.74. The largest absolute Gasteiger partial charge is 0.471 e. The van der Waals surface area contributed by atoms with Crippen molar-refractivity contribution in [1.29, 1.82) is 0 Å². The first-order valence-corrected chi connectivity index (χ1v) is 6.89. The van der Waals surface area contributed by atoms with Gasteiger partial charge in [0.1, 0.15) is 0 Å². The third-order valence-corrected chi connectivity index (χ3v) is 4.35. The topological polar surface area (TPSA) is 63.5 Å². The van der Waals surface area contributed by atoms with Crippen LogP contribution in [0.2, 0.25) is 0 Å². The van der Waals surface area contributed by atoms with Gasteiger partial charge in [-0.2, -0.15) is 13.2 Å². The molecule has 1 saturated heterocycles. The summed E-state index contributed by atoms with van der Waals surface area (Å²) in [5.74, 6) is -2.35. The van der Waals surface area contributed by atoms with Crippen LogP contribution in [-0.4, -0.2) is 35.0 Å². The van der Waals surface area contributed by atoms with Gasteiger partial charge in [0.2, 0.25) is 0 Å². The Morgan fingerprint density at radius 1 is 1.32 bits per heavy atom. The number of piperidine rings is 1. The molecule has 0 spiro atoms. The lowest BCUT2D eigenvalue weighted by molar-refractivity contribution is -0.386. The smallest absolute Gasteiger partial charge is 0.334 e. The van der Waals surface area contributed by atoms with E-state index < -0.39 is 22.9 Å². The number of fused-ring (bicyclic) bond motifs is 4. The van der Waals surface area contributed by atoms with Gasteiger partial charge in [0, 0.05) is 30.6 Å². The highest BCUT2D eigenvalue weighted by atomic mass is 19.4. The van der Waals surface area contributed by atoms with E-state index >= 15 is 0 Å². The minimum absolute atomic E-state index is 0.0526. The first-order chi connectivity index (χ1) is 10.3. The van der Waals surface area contributed by atoms with Crippen molar-refractivity contribution in [1.82, 2.24) is 4.90 Å². The van der Waals surface area contributed by atoms with Gasteiger partial charge in [-0.05, 0) is 24.3 Å². The first kappa shape index (κ1) is 14.8. The molecule has 3 rings (SSSR count). The SMILES string of the molecule is O=C(N1CC2Cc3cccc([N+](=O)[O-])c3C(C2)C1)C(F)(F)F. The van der Waals surface area contributed by atoms with Crippen molar-refractivity contribution in [3.8, 4) is 0 Å². The van der Waals surface area contributed by atoms with Crippen LogP contribution in [0.15, 0.2) is 18.2 Å². The summed E-state index contributed by atoms with van der Waals surface area (Å²) in [7, 11) is 0. The molecule has 5 nitrogen and oxygen atoms in total. The van der Waals surface area contributed by atoms with E-state index in [1.54, 1.807) is 12.1 Å². The number of hydrogen-bond donors (Lipinski definition) is 0. The molecule has 2 atom stereocenters. The van der Waals surface area contributed by atoms with Crippen molar-refractivity contribution in [3.63, 3.8) is 0 Å². The maximum absolute atomic E-state index is 12.6. The zero-order valence-corrected chi connectivity index (χ0v) is 11.5. The van der Waals surface area contributed by atoms with Crippen molar-refractivity contribution in [2.75, 3.05) is 13.1 Å². The number of nitrogens with zero attached hydrogens (tertiary/aromatic N) is 2. The average Bonchev–Trinajstić information content (AvgIpc) is 2.44. The van der Waals surface area contributed by atoms with Gasteiger partial charge in [0.25, 0.3) is 5.69 Å². The minimum Gasteiger partial charge on any atom is -0.334 e. The molecule has 2 unspecified atom stereocenters. The fourth-order valence-electron chi connectivity index (χ4n) is 3.62. The van der Waals surface area contributed by atoms with Crippen molar-refractivity contribution < 1.29 is 22.9 Å². The van der Waals surface area contributed by atoms with Gasteiger partial charge in [0.15, 0.2) is 0 Å². The van der Waals surface area contributed by atoms with Crippen LogP contribution in [0.4, 0.5) is 18.9 Å². The predicted octanol–water partition coefficient (Wildman–Crippen LogP) is 2.65. The average molecular weight is 314 g/mol. The van der Waals surface area contributed by atoms with Crippen LogP contribution < -0.4 is 0 Å². The molecular formula is C14H13F3N2O3. The fraction of sp³-hybridized carbons (Fsp3) is 0.500. The van der Waals surface area contributed by atoms with Gasteiger partial charge in [-0.25, -0.2) is 0 Å². The van der Waals surface area contributed by atoms with Crippen LogP contribution in [-0.2, 0) is 11.2 Å². The highest BCUT2D eigenvalue weighted by Gasteiger charge is 2.47. The summed E-state index contributed by atoms with van der Waals surface area (Å²) in [4.78, 5) is 22.9. The summed E-state index contributed by atoms with van der Waals surface area (Å²) in [6.07, 6.45) is -3.86. The molecule has 2 bridgehead atoms. The molecule has 22 heavy (non-hydrogen) atoms. The normalized spacial score (nSPS) is 23.9. The number of amides is 1. The second kappa shape index (κ2) is 4.96. The number of likely N-dealkylation sites (tertiary alicyclic amines) is 1. The molecule has 1 amide bonds. The molecule has 2 aliphatic rings. The van der Waals surface area contributed by atoms with Crippen molar-refractivity contribution in [2.24, 2.45) is 5.92 Å². The van der Waals surface area contributed by atoms with E-state index in [1.807, 2.05) is 0 Å². The van der Waals surface area contributed by atoms with Crippen LogP contribution >= 0.6 is 0 Å². The Hall–Kier alpha value is -2.12.